The lowest BCUT2D eigenvalue weighted by atomic mass is 10.2. The molecule has 0 fully saturated rings. The Balaban J connectivity index is 1.68. The van der Waals surface area contributed by atoms with E-state index in [0.717, 1.165) is 34.4 Å². The molecule has 3 aromatic rings. The standard InChI is InChI=1S/C21H15Cl2F2N5O3S/c1-10-17(19(32)29-26-9-11-6-7-12(22)8-13(11)23)34-21(27-10)30(2)20(33)28-18(31)16-14(24)4-3-5-15(16)25/h3-9H,1-2H3,(H,29,32)(H,28,31,33)/b26-9+. The average molecular weight is 526 g/mol. The first-order valence-electron chi connectivity index (χ1n) is 9.37. The lowest BCUT2D eigenvalue weighted by molar-refractivity contribution is 0.0948. The van der Waals surface area contributed by atoms with Gasteiger partial charge in [-0.05, 0) is 31.2 Å². The zero-order valence-electron chi connectivity index (χ0n) is 17.5. The summed E-state index contributed by atoms with van der Waals surface area (Å²) in [4.78, 5) is 42.2. The molecule has 0 aliphatic rings. The van der Waals surface area contributed by atoms with E-state index in [2.05, 4.69) is 15.5 Å². The molecule has 0 aliphatic heterocycles. The Bertz CT molecular complexity index is 1300. The van der Waals surface area contributed by atoms with Gasteiger partial charge in [0.2, 0.25) is 0 Å². The number of nitrogens with zero attached hydrogens (tertiary/aromatic N) is 3. The third kappa shape index (κ3) is 5.74. The maximum absolute atomic E-state index is 13.8. The van der Waals surface area contributed by atoms with Crippen LogP contribution in [0.2, 0.25) is 10.0 Å². The van der Waals surface area contributed by atoms with Gasteiger partial charge in [-0.15, -0.1) is 0 Å². The highest BCUT2D eigenvalue weighted by molar-refractivity contribution is 7.17. The fourth-order valence-corrected chi connectivity index (χ4v) is 3.97. The number of hydrogen-bond acceptors (Lipinski definition) is 6. The number of anilines is 1. The fourth-order valence-electron chi connectivity index (χ4n) is 2.60. The summed E-state index contributed by atoms with van der Waals surface area (Å²) in [6, 6.07) is 6.64. The molecule has 0 saturated carbocycles. The molecule has 0 radical (unpaired) electrons. The van der Waals surface area contributed by atoms with Crippen LogP contribution < -0.4 is 15.6 Å². The zero-order valence-corrected chi connectivity index (χ0v) is 19.9. The van der Waals surface area contributed by atoms with Crippen molar-refractivity contribution < 1.29 is 23.2 Å². The number of amides is 4. The molecule has 0 aliphatic carbocycles. The van der Waals surface area contributed by atoms with Gasteiger partial charge in [0.05, 0.1) is 16.9 Å². The summed E-state index contributed by atoms with van der Waals surface area (Å²) >= 11 is 12.7. The molecule has 0 bridgehead atoms. The van der Waals surface area contributed by atoms with Crippen LogP contribution in [0, 0.1) is 18.6 Å². The van der Waals surface area contributed by atoms with E-state index < -0.39 is 35.0 Å². The smallest absolute Gasteiger partial charge is 0.273 e. The summed E-state index contributed by atoms with van der Waals surface area (Å²) < 4.78 is 27.5. The highest BCUT2D eigenvalue weighted by Gasteiger charge is 2.24. The number of imide groups is 1. The lowest BCUT2D eigenvalue weighted by Gasteiger charge is -2.14. The first-order valence-corrected chi connectivity index (χ1v) is 10.9. The summed E-state index contributed by atoms with van der Waals surface area (Å²) in [6.07, 6.45) is 1.33. The van der Waals surface area contributed by atoms with Crippen LogP contribution in [0.25, 0.3) is 0 Å². The number of rotatable bonds is 5. The van der Waals surface area contributed by atoms with Gasteiger partial charge in [-0.2, -0.15) is 5.10 Å². The number of urea groups is 1. The molecule has 8 nitrogen and oxygen atoms in total. The largest absolute Gasteiger partial charge is 0.330 e. The molecule has 2 N–H and O–H groups in total. The summed E-state index contributed by atoms with van der Waals surface area (Å²) in [5.74, 6) is -4.08. The van der Waals surface area contributed by atoms with Gasteiger partial charge < -0.3 is 0 Å². The van der Waals surface area contributed by atoms with Crippen molar-refractivity contribution in [2.45, 2.75) is 6.92 Å². The van der Waals surface area contributed by atoms with Gasteiger partial charge in [0.1, 0.15) is 22.1 Å². The molecule has 0 saturated heterocycles. The normalized spacial score (nSPS) is 10.9. The number of benzene rings is 2. The Kier molecular flexibility index (Phi) is 7.92. The Labute approximate surface area is 206 Å². The van der Waals surface area contributed by atoms with Crippen LogP contribution in [0.3, 0.4) is 0 Å². The number of hydrogen-bond donors (Lipinski definition) is 2. The maximum Gasteiger partial charge on any atom is 0.330 e. The van der Waals surface area contributed by atoms with Gasteiger partial charge in [-0.3, -0.25) is 19.8 Å². The number of aromatic nitrogens is 1. The number of carbonyl (C=O) groups is 3. The monoisotopic (exact) mass is 525 g/mol. The van der Waals surface area contributed by atoms with E-state index in [1.807, 2.05) is 5.32 Å². The molecule has 3 rings (SSSR count). The first kappa shape index (κ1) is 25.2. The van der Waals surface area contributed by atoms with Crippen molar-refractivity contribution in [3.05, 3.63) is 79.8 Å². The van der Waals surface area contributed by atoms with Crippen LogP contribution in [0.5, 0.6) is 0 Å². The van der Waals surface area contributed by atoms with Crippen molar-refractivity contribution in [1.29, 1.82) is 0 Å². The minimum absolute atomic E-state index is 0.0617. The Morgan fingerprint density at radius 2 is 1.79 bits per heavy atom. The van der Waals surface area contributed by atoms with Gasteiger partial charge in [0, 0.05) is 17.6 Å². The predicted molar refractivity (Wildman–Crippen MR) is 126 cm³/mol. The second kappa shape index (κ2) is 10.7. The minimum atomic E-state index is -1.26. The van der Waals surface area contributed by atoms with Crippen LogP contribution in [0.15, 0.2) is 41.5 Å². The number of carbonyl (C=O) groups excluding carboxylic acids is 3. The van der Waals surface area contributed by atoms with Crippen LogP contribution >= 0.6 is 34.5 Å². The zero-order chi connectivity index (χ0) is 25.0. The van der Waals surface area contributed by atoms with E-state index >= 15 is 0 Å². The van der Waals surface area contributed by atoms with E-state index in [1.54, 1.807) is 19.1 Å². The molecular formula is C21H15Cl2F2N5O3S. The Hall–Kier alpha value is -3.41. The van der Waals surface area contributed by atoms with E-state index in [9.17, 15) is 23.2 Å². The molecule has 2 aromatic carbocycles. The Morgan fingerprint density at radius 1 is 1.12 bits per heavy atom. The van der Waals surface area contributed by atoms with Crippen LogP contribution in [-0.4, -0.2) is 36.1 Å². The molecular weight excluding hydrogens is 511 g/mol. The minimum Gasteiger partial charge on any atom is -0.273 e. The van der Waals surface area contributed by atoms with Crippen LogP contribution in [0.1, 0.15) is 31.3 Å². The van der Waals surface area contributed by atoms with Gasteiger partial charge in [-0.25, -0.2) is 24.0 Å². The van der Waals surface area contributed by atoms with Crippen molar-refractivity contribution >= 4 is 63.7 Å². The van der Waals surface area contributed by atoms with Gasteiger partial charge in [0.25, 0.3) is 11.8 Å². The van der Waals surface area contributed by atoms with Crippen molar-refractivity contribution in [3.8, 4) is 0 Å². The molecule has 4 amide bonds. The van der Waals surface area contributed by atoms with Gasteiger partial charge in [0.15, 0.2) is 5.13 Å². The topological polar surface area (TPSA) is 104 Å². The molecule has 0 spiro atoms. The van der Waals surface area contributed by atoms with E-state index in [1.165, 1.54) is 19.3 Å². The van der Waals surface area contributed by atoms with Gasteiger partial charge >= 0.3 is 6.03 Å². The lowest BCUT2D eigenvalue weighted by Crippen LogP contribution is -2.41. The number of aryl methyl sites for hydroxylation is 1. The number of thiazole rings is 1. The average Bonchev–Trinajstić information content (AvgIpc) is 3.16. The molecule has 1 heterocycles. The second-order valence-corrected chi connectivity index (χ2v) is 8.51. The molecule has 13 heteroatoms. The van der Waals surface area contributed by atoms with E-state index in [-0.39, 0.29) is 10.0 Å². The maximum atomic E-state index is 13.8. The van der Waals surface area contributed by atoms with Crippen molar-refractivity contribution in [2.75, 3.05) is 11.9 Å². The quantitative estimate of drug-likeness (QED) is 0.369. The number of hydrazone groups is 1. The predicted octanol–water partition coefficient (Wildman–Crippen LogP) is 4.79. The molecule has 34 heavy (non-hydrogen) atoms. The second-order valence-electron chi connectivity index (χ2n) is 6.69. The molecule has 0 unspecified atom stereocenters. The summed E-state index contributed by atoms with van der Waals surface area (Å²) in [6.45, 7) is 1.54. The summed E-state index contributed by atoms with van der Waals surface area (Å²) in [7, 11) is 1.28. The molecule has 1 aromatic heterocycles. The van der Waals surface area contributed by atoms with Gasteiger partial charge in [-0.1, -0.05) is 46.7 Å². The number of nitrogens with one attached hydrogen (secondary N) is 2. The van der Waals surface area contributed by atoms with Crippen LogP contribution in [-0.2, 0) is 0 Å². The molecule has 0 atom stereocenters. The highest BCUT2D eigenvalue weighted by Crippen LogP contribution is 2.25. The summed E-state index contributed by atoms with van der Waals surface area (Å²) in [5, 5.41) is 6.59. The third-order valence-corrected chi connectivity index (χ3v) is 6.12. The van der Waals surface area contributed by atoms with Crippen LogP contribution in [0.4, 0.5) is 18.7 Å². The van der Waals surface area contributed by atoms with Crippen molar-refractivity contribution in [2.24, 2.45) is 5.10 Å². The Morgan fingerprint density at radius 3 is 2.44 bits per heavy atom. The van der Waals surface area contributed by atoms with E-state index in [0.29, 0.717) is 21.3 Å². The third-order valence-electron chi connectivity index (χ3n) is 4.33. The summed E-state index contributed by atoms with van der Waals surface area (Å²) in [5.41, 5.74) is 2.26. The SMILES string of the molecule is Cc1nc(N(C)C(=O)NC(=O)c2c(F)cccc2F)sc1C(=O)N/N=C/c1ccc(Cl)cc1Cl. The number of halogens is 4. The van der Waals surface area contributed by atoms with E-state index in [4.69, 9.17) is 23.2 Å². The first-order chi connectivity index (χ1) is 16.1. The van der Waals surface area contributed by atoms with Crippen molar-refractivity contribution in [1.82, 2.24) is 15.7 Å². The van der Waals surface area contributed by atoms with Crippen molar-refractivity contribution in [3.63, 3.8) is 0 Å². The molecule has 176 valence electrons. The fraction of sp³-hybridized carbons (Fsp3) is 0.0952. The highest BCUT2D eigenvalue weighted by atomic mass is 35.5.